The van der Waals surface area contributed by atoms with E-state index in [1.807, 2.05) is 11.6 Å². The monoisotopic (exact) mass is 318 g/mol. The lowest BCUT2D eigenvalue weighted by atomic mass is 10.4. The van der Waals surface area contributed by atoms with Crippen LogP contribution in [0.1, 0.15) is 13.3 Å². The minimum absolute atomic E-state index is 0.749. The Bertz CT molecular complexity index is 443. The first-order valence-electron chi connectivity index (χ1n) is 6.99. The van der Waals surface area contributed by atoms with Gasteiger partial charge in [0.15, 0.2) is 3.95 Å². The van der Waals surface area contributed by atoms with Gasteiger partial charge in [-0.2, -0.15) is 0 Å². The number of morpholine rings is 1. The van der Waals surface area contributed by atoms with E-state index in [-0.39, 0.29) is 0 Å². The molecule has 0 unspecified atom stereocenters. The highest BCUT2D eigenvalue weighted by atomic mass is 32.1. The van der Waals surface area contributed by atoms with Crippen molar-refractivity contribution in [2.75, 3.05) is 51.4 Å². The second-order valence-corrected chi connectivity index (χ2v) is 6.14. The summed E-state index contributed by atoms with van der Waals surface area (Å²) in [6, 6.07) is 0. The van der Waals surface area contributed by atoms with Crippen LogP contribution in [0.25, 0.3) is 0 Å². The van der Waals surface area contributed by atoms with E-state index in [4.69, 9.17) is 21.7 Å². The summed E-state index contributed by atoms with van der Waals surface area (Å²) in [5.41, 5.74) is 0. The first kappa shape index (κ1) is 15.8. The summed E-state index contributed by atoms with van der Waals surface area (Å²) in [4.78, 5) is 2.30. The van der Waals surface area contributed by atoms with Crippen LogP contribution in [-0.4, -0.2) is 60.7 Å². The molecule has 1 N–H and O–H groups in total. The van der Waals surface area contributed by atoms with Crippen molar-refractivity contribution in [1.29, 1.82) is 0 Å². The van der Waals surface area contributed by atoms with Crippen LogP contribution in [0.15, 0.2) is 0 Å². The molecule has 0 radical (unpaired) electrons. The molecule has 0 amide bonds. The summed E-state index contributed by atoms with van der Waals surface area (Å²) in [6.45, 7) is 8.63. The molecule has 1 aliphatic heterocycles. The van der Waals surface area contributed by atoms with Gasteiger partial charge in [0, 0.05) is 32.8 Å². The van der Waals surface area contributed by atoms with Crippen molar-refractivity contribution in [2.45, 2.75) is 20.0 Å². The third-order valence-corrected chi connectivity index (χ3v) is 4.26. The molecule has 1 aromatic heterocycles. The molecular weight excluding hydrogens is 296 g/mol. The number of ether oxygens (including phenoxy) is 2. The SMILES string of the molecule is CCOCCCNc1nn(CN2CCOCC2)c(=S)s1. The van der Waals surface area contributed by atoms with E-state index in [1.165, 1.54) is 11.3 Å². The van der Waals surface area contributed by atoms with Crippen LogP contribution in [-0.2, 0) is 16.1 Å². The maximum atomic E-state index is 5.36. The highest BCUT2D eigenvalue weighted by molar-refractivity contribution is 7.73. The number of hydrogen-bond acceptors (Lipinski definition) is 7. The maximum absolute atomic E-state index is 5.36. The lowest BCUT2D eigenvalue weighted by Crippen LogP contribution is -2.37. The Hall–Kier alpha value is -0.540. The number of hydrogen-bond donors (Lipinski definition) is 1. The lowest BCUT2D eigenvalue weighted by Gasteiger charge is -2.25. The highest BCUT2D eigenvalue weighted by Crippen LogP contribution is 2.15. The van der Waals surface area contributed by atoms with E-state index >= 15 is 0 Å². The van der Waals surface area contributed by atoms with E-state index in [0.717, 1.165) is 68.2 Å². The molecule has 6 nitrogen and oxygen atoms in total. The summed E-state index contributed by atoms with van der Waals surface area (Å²) in [5, 5.41) is 8.71. The number of nitrogens with zero attached hydrogens (tertiary/aromatic N) is 3. The van der Waals surface area contributed by atoms with Gasteiger partial charge in [-0.15, -0.1) is 5.10 Å². The molecule has 0 spiro atoms. The van der Waals surface area contributed by atoms with Gasteiger partial charge in [0.05, 0.1) is 19.9 Å². The molecular formula is C12H22N4O2S2. The zero-order valence-corrected chi connectivity index (χ0v) is 13.5. The van der Waals surface area contributed by atoms with E-state index in [9.17, 15) is 0 Å². The molecule has 0 bridgehead atoms. The summed E-state index contributed by atoms with van der Waals surface area (Å²) in [7, 11) is 0. The molecule has 8 heteroatoms. The predicted octanol–water partition coefficient (Wildman–Crippen LogP) is 1.80. The Morgan fingerprint density at radius 1 is 1.45 bits per heavy atom. The molecule has 20 heavy (non-hydrogen) atoms. The Morgan fingerprint density at radius 3 is 3.00 bits per heavy atom. The lowest BCUT2D eigenvalue weighted by molar-refractivity contribution is 0.0212. The standard InChI is InChI=1S/C12H22N4O2S2/c1-2-17-7-3-4-13-11-14-16(12(19)20-11)10-15-5-8-18-9-6-15/h2-10H2,1H3,(H,13,14). The second kappa shape index (κ2) is 8.68. The molecule has 114 valence electrons. The third kappa shape index (κ3) is 5.10. The topological polar surface area (TPSA) is 51.5 Å². The summed E-state index contributed by atoms with van der Waals surface area (Å²) >= 11 is 6.88. The quantitative estimate of drug-likeness (QED) is 0.583. The van der Waals surface area contributed by atoms with Crippen molar-refractivity contribution in [1.82, 2.24) is 14.7 Å². The van der Waals surface area contributed by atoms with Crippen molar-refractivity contribution >= 4 is 28.7 Å². The fourth-order valence-electron chi connectivity index (χ4n) is 1.91. The zero-order chi connectivity index (χ0) is 14.2. The Kier molecular flexibility index (Phi) is 6.88. The number of nitrogens with one attached hydrogen (secondary N) is 1. The number of aromatic nitrogens is 2. The molecule has 2 rings (SSSR count). The van der Waals surface area contributed by atoms with Gasteiger partial charge in [-0.3, -0.25) is 4.90 Å². The maximum Gasteiger partial charge on any atom is 0.204 e. The Balaban J connectivity index is 1.77. The van der Waals surface area contributed by atoms with Crippen molar-refractivity contribution < 1.29 is 9.47 Å². The highest BCUT2D eigenvalue weighted by Gasteiger charge is 2.12. The fraction of sp³-hybridized carbons (Fsp3) is 0.833. The van der Waals surface area contributed by atoms with Crippen LogP contribution < -0.4 is 5.32 Å². The van der Waals surface area contributed by atoms with Gasteiger partial charge in [-0.05, 0) is 25.6 Å². The van der Waals surface area contributed by atoms with Crippen LogP contribution in [0.4, 0.5) is 5.13 Å². The Morgan fingerprint density at radius 2 is 2.25 bits per heavy atom. The molecule has 1 aromatic rings. The van der Waals surface area contributed by atoms with Gasteiger partial charge in [0.1, 0.15) is 0 Å². The van der Waals surface area contributed by atoms with Crippen LogP contribution in [0, 0.1) is 3.95 Å². The summed E-state index contributed by atoms with van der Waals surface area (Å²) in [5.74, 6) is 0. The summed E-state index contributed by atoms with van der Waals surface area (Å²) < 4.78 is 13.3. The smallest absolute Gasteiger partial charge is 0.204 e. The molecule has 1 fully saturated rings. The van der Waals surface area contributed by atoms with Gasteiger partial charge in [-0.25, -0.2) is 4.68 Å². The van der Waals surface area contributed by atoms with E-state index < -0.39 is 0 Å². The van der Waals surface area contributed by atoms with Crippen molar-refractivity contribution in [3.63, 3.8) is 0 Å². The van der Waals surface area contributed by atoms with Crippen molar-refractivity contribution in [2.24, 2.45) is 0 Å². The second-order valence-electron chi connectivity index (χ2n) is 4.52. The van der Waals surface area contributed by atoms with E-state index in [2.05, 4.69) is 15.3 Å². The Labute approximate surface area is 128 Å². The molecule has 0 saturated carbocycles. The van der Waals surface area contributed by atoms with Crippen molar-refractivity contribution in [3.8, 4) is 0 Å². The minimum atomic E-state index is 0.749. The molecule has 1 saturated heterocycles. The molecule has 0 atom stereocenters. The van der Waals surface area contributed by atoms with Gasteiger partial charge >= 0.3 is 0 Å². The summed E-state index contributed by atoms with van der Waals surface area (Å²) in [6.07, 6.45) is 0.976. The van der Waals surface area contributed by atoms with E-state index in [1.54, 1.807) is 0 Å². The number of rotatable bonds is 8. The van der Waals surface area contributed by atoms with E-state index in [0.29, 0.717) is 0 Å². The van der Waals surface area contributed by atoms with Gasteiger partial charge in [0.25, 0.3) is 0 Å². The minimum Gasteiger partial charge on any atom is -0.382 e. The first-order chi connectivity index (χ1) is 9.79. The molecule has 0 aliphatic carbocycles. The average molecular weight is 318 g/mol. The van der Waals surface area contributed by atoms with Crippen LogP contribution in [0.5, 0.6) is 0 Å². The van der Waals surface area contributed by atoms with Crippen LogP contribution in [0.3, 0.4) is 0 Å². The normalized spacial score (nSPS) is 16.4. The first-order valence-corrected chi connectivity index (χ1v) is 8.21. The van der Waals surface area contributed by atoms with Gasteiger partial charge in [-0.1, -0.05) is 11.3 Å². The third-order valence-electron chi connectivity index (χ3n) is 2.99. The van der Waals surface area contributed by atoms with Gasteiger partial charge < -0.3 is 14.8 Å². The van der Waals surface area contributed by atoms with Gasteiger partial charge in [0.2, 0.25) is 5.13 Å². The largest absolute Gasteiger partial charge is 0.382 e. The van der Waals surface area contributed by atoms with Crippen LogP contribution in [0.2, 0.25) is 0 Å². The molecule has 2 heterocycles. The van der Waals surface area contributed by atoms with Crippen molar-refractivity contribution in [3.05, 3.63) is 3.95 Å². The molecule has 1 aliphatic rings. The fourth-order valence-corrected chi connectivity index (χ4v) is 2.93. The van der Waals surface area contributed by atoms with Crippen LogP contribution >= 0.6 is 23.6 Å². The predicted molar refractivity (Wildman–Crippen MR) is 82.9 cm³/mol. The molecule has 0 aromatic carbocycles. The average Bonchev–Trinajstić information content (AvgIpc) is 2.80. The number of anilines is 1. The zero-order valence-electron chi connectivity index (χ0n) is 11.8.